The molecule has 2 nitrogen and oxygen atoms in total. The summed E-state index contributed by atoms with van der Waals surface area (Å²) in [5.74, 6) is 1.94. The minimum absolute atomic E-state index is 0.323. The molecule has 3 heteroatoms. The van der Waals surface area contributed by atoms with Crippen LogP contribution in [0.3, 0.4) is 0 Å². The van der Waals surface area contributed by atoms with Crippen molar-refractivity contribution in [1.82, 2.24) is 4.90 Å². The van der Waals surface area contributed by atoms with E-state index in [0.29, 0.717) is 0 Å². The number of benzene rings is 1. The van der Waals surface area contributed by atoms with Crippen molar-refractivity contribution in [2.45, 2.75) is 57.0 Å². The molecule has 0 radical (unpaired) electrons. The molecule has 1 fully saturated rings. The zero-order valence-corrected chi connectivity index (χ0v) is 14.9. The van der Waals surface area contributed by atoms with E-state index in [1.807, 2.05) is 11.8 Å². The third-order valence-corrected chi connectivity index (χ3v) is 5.44. The predicted molar refractivity (Wildman–Crippen MR) is 96.5 cm³/mol. The number of hydrogen-bond donors (Lipinski definition) is 1. The molecule has 2 rings (SSSR count). The standard InChI is InChI=1S/C19H31NOS/c1-16(2)11-15-22-18-8-6-17(7-9-18)19(21)10-14-20-12-4-3-5-13-20/h6-9,16,19,21H,3-5,10-15H2,1-2H3. The molecule has 0 aliphatic carbocycles. The van der Waals surface area contributed by atoms with Crippen molar-refractivity contribution in [2.24, 2.45) is 5.92 Å². The molecular weight excluding hydrogens is 290 g/mol. The van der Waals surface area contributed by atoms with Crippen LogP contribution < -0.4 is 0 Å². The molecule has 1 N–H and O–H groups in total. The topological polar surface area (TPSA) is 23.5 Å². The van der Waals surface area contributed by atoms with E-state index in [-0.39, 0.29) is 6.10 Å². The SMILES string of the molecule is CC(C)CCSc1ccc(C(O)CCN2CCCCC2)cc1. The summed E-state index contributed by atoms with van der Waals surface area (Å²) in [6, 6.07) is 8.51. The van der Waals surface area contributed by atoms with Gasteiger partial charge in [0.1, 0.15) is 0 Å². The lowest BCUT2D eigenvalue weighted by Crippen LogP contribution is -2.31. The van der Waals surface area contributed by atoms with Crippen molar-refractivity contribution in [3.05, 3.63) is 29.8 Å². The highest BCUT2D eigenvalue weighted by molar-refractivity contribution is 7.99. The van der Waals surface area contributed by atoms with Crippen LogP contribution in [0.15, 0.2) is 29.2 Å². The van der Waals surface area contributed by atoms with E-state index in [2.05, 4.69) is 43.0 Å². The molecular formula is C19H31NOS. The zero-order valence-electron chi connectivity index (χ0n) is 14.1. The Kier molecular flexibility index (Phi) is 7.77. The smallest absolute Gasteiger partial charge is 0.0802 e. The van der Waals surface area contributed by atoms with Gasteiger partial charge in [0.05, 0.1) is 6.10 Å². The third kappa shape index (κ3) is 6.31. The van der Waals surface area contributed by atoms with Crippen molar-refractivity contribution in [3.63, 3.8) is 0 Å². The van der Waals surface area contributed by atoms with Crippen LogP contribution in [0.2, 0.25) is 0 Å². The van der Waals surface area contributed by atoms with Gasteiger partial charge in [0.2, 0.25) is 0 Å². The Morgan fingerprint density at radius 2 is 1.73 bits per heavy atom. The highest BCUT2D eigenvalue weighted by atomic mass is 32.2. The number of piperidine rings is 1. The van der Waals surface area contributed by atoms with Crippen LogP contribution in [-0.2, 0) is 0 Å². The maximum Gasteiger partial charge on any atom is 0.0802 e. The molecule has 0 spiro atoms. The number of rotatable bonds is 8. The van der Waals surface area contributed by atoms with Crippen molar-refractivity contribution in [3.8, 4) is 0 Å². The van der Waals surface area contributed by atoms with Crippen molar-refractivity contribution >= 4 is 11.8 Å². The predicted octanol–water partition coefficient (Wildman–Crippen LogP) is 4.73. The van der Waals surface area contributed by atoms with E-state index in [1.54, 1.807) is 0 Å². The van der Waals surface area contributed by atoms with Gasteiger partial charge in [-0.05, 0) is 68.1 Å². The van der Waals surface area contributed by atoms with Crippen LogP contribution in [0.1, 0.15) is 57.6 Å². The second kappa shape index (κ2) is 9.59. The van der Waals surface area contributed by atoms with Crippen molar-refractivity contribution in [1.29, 1.82) is 0 Å². The van der Waals surface area contributed by atoms with E-state index in [0.717, 1.165) is 24.4 Å². The highest BCUT2D eigenvalue weighted by Crippen LogP contribution is 2.24. The molecule has 1 aromatic rings. The van der Waals surface area contributed by atoms with E-state index >= 15 is 0 Å². The third-order valence-electron chi connectivity index (χ3n) is 4.40. The average molecular weight is 322 g/mol. The molecule has 1 atom stereocenters. The van der Waals surface area contributed by atoms with Gasteiger partial charge in [-0.1, -0.05) is 32.4 Å². The van der Waals surface area contributed by atoms with Gasteiger partial charge in [-0.15, -0.1) is 11.8 Å². The second-order valence-electron chi connectivity index (χ2n) is 6.81. The first-order chi connectivity index (χ1) is 10.6. The Hall–Kier alpha value is -0.510. The number of aliphatic hydroxyl groups is 1. The Balaban J connectivity index is 1.73. The number of hydrogen-bond acceptors (Lipinski definition) is 3. The first-order valence-corrected chi connectivity index (χ1v) is 9.77. The maximum atomic E-state index is 10.4. The van der Waals surface area contributed by atoms with Gasteiger partial charge in [0, 0.05) is 11.4 Å². The van der Waals surface area contributed by atoms with Crippen molar-refractivity contribution < 1.29 is 5.11 Å². The largest absolute Gasteiger partial charge is 0.388 e. The minimum atomic E-state index is -0.323. The summed E-state index contributed by atoms with van der Waals surface area (Å²) in [4.78, 5) is 3.80. The molecule has 22 heavy (non-hydrogen) atoms. The van der Waals surface area contributed by atoms with Gasteiger partial charge in [-0.25, -0.2) is 0 Å². The first-order valence-electron chi connectivity index (χ1n) is 8.78. The van der Waals surface area contributed by atoms with Gasteiger partial charge >= 0.3 is 0 Å². The summed E-state index contributed by atoms with van der Waals surface area (Å²) in [5.41, 5.74) is 1.06. The first kappa shape index (κ1) is 17.8. The summed E-state index contributed by atoms with van der Waals surface area (Å²) < 4.78 is 0. The lowest BCUT2D eigenvalue weighted by Gasteiger charge is -2.27. The van der Waals surface area contributed by atoms with E-state index in [1.165, 1.54) is 49.4 Å². The Morgan fingerprint density at radius 1 is 1.05 bits per heavy atom. The number of nitrogens with zero attached hydrogens (tertiary/aromatic N) is 1. The van der Waals surface area contributed by atoms with Crippen LogP contribution in [0.5, 0.6) is 0 Å². The van der Waals surface area contributed by atoms with Crippen LogP contribution in [0.25, 0.3) is 0 Å². The molecule has 0 bridgehead atoms. The average Bonchev–Trinajstić information content (AvgIpc) is 2.54. The summed E-state index contributed by atoms with van der Waals surface area (Å²) in [6.07, 6.45) is 5.79. The number of likely N-dealkylation sites (tertiary alicyclic amines) is 1. The highest BCUT2D eigenvalue weighted by Gasteiger charge is 2.13. The van der Waals surface area contributed by atoms with E-state index in [4.69, 9.17) is 0 Å². The Bertz CT molecular complexity index is 412. The summed E-state index contributed by atoms with van der Waals surface area (Å²) >= 11 is 1.92. The molecule has 1 heterocycles. The Labute approximate surface area is 140 Å². The molecule has 1 saturated heterocycles. The lowest BCUT2D eigenvalue weighted by molar-refractivity contribution is 0.134. The van der Waals surface area contributed by atoms with Crippen LogP contribution in [-0.4, -0.2) is 35.4 Å². The normalized spacial score (nSPS) is 17.8. The Morgan fingerprint density at radius 3 is 2.36 bits per heavy atom. The maximum absolute atomic E-state index is 10.4. The molecule has 1 unspecified atom stereocenters. The molecule has 0 saturated carbocycles. The lowest BCUT2D eigenvalue weighted by atomic mass is 10.1. The molecule has 1 aliphatic heterocycles. The molecule has 124 valence electrons. The van der Waals surface area contributed by atoms with Gasteiger partial charge in [-0.3, -0.25) is 0 Å². The van der Waals surface area contributed by atoms with E-state index < -0.39 is 0 Å². The summed E-state index contributed by atoms with van der Waals surface area (Å²) in [7, 11) is 0. The fourth-order valence-electron chi connectivity index (χ4n) is 2.85. The zero-order chi connectivity index (χ0) is 15.8. The minimum Gasteiger partial charge on any atom is -0.388 e. The summed E-state index contributed by atoms with van der Waals surface area (Å²) in [5, 5.41) is 10.4. The fourth-order valence-corrected chi connectivity index (χ4v) is 4.01. The van der Waals surface area contributed by atoms with Gasteiger partial charge in [0.15, 0.2) is 0 Å². The van der Waals surface area contributed by atoms with Crippen LogP contribution >= 0.6 is 11.8 Å². The monoisotopic (exact) mass is 321 g/mol. The quantitative estimate of drug-likeness (QED) is 0.700. The van der Waals surface area contributed by atoms with E-state index in [9.17, 15) is 5.11 Å². The molecule has 1 aromatic carbocycles. The number of thioether (sulfide) groups is 1. The molecule has 0 amide bonds. The molecule has 0 aromatic heterocycles. The van der Waals surface area contributed by atoms with Crippen LogP contribution in [0.4, 0.5) is 0 Å². The van der Waals surface area contributed by atoms with Gasteiger partial charge < -0.3 is 10.0 Å². The van der Waals surface area contributed by atoms with Crippen molar-refractivity contribution in [2.75, 3.05) is 25.4 Å². The van der Waals surface area contributed by atoms with Gasteiger partial charge in [-0.2, -0.15) is 0 Å². The second-order valence-corrected chi connectivity index (χ2v) is 7.98. The van der Waals surface area contributed by atoms with Gasteiger partial charge in [0.25, 0.3) is 0 Å². The van der Waals surface area contributed by atoms with Crippen LogP contribution in [0, 0.1) is 5.92 Å². The fraction of sp³-hybridized carbons (Fsp3) is 0.684. The molecule has 1 aliphatic rings. The number of aliphatic hydroxyl groups excluding tert-OH is 1. The summed E-state index contributed by atoms with van der Waals surface area (Å²) in [6.45, 7) is 7.97.